The molecule has 2 heteroatoms. The maximum Gasteiger partial charge on any atom is 0.0540 e. The fourth-order valence-corrected chi connectivity index (χ4v) is 8.85. The van der Waals surface area contributed by atoms with Gasteiger partial charge in [-0.1, -0.05) is 158 Å². The Kier molecular flexibility index (Phi) is 7.53. The molecule has 0 aliphatic carbocycles. The van der Waals surface area contributed by atoms with E-state index in [2.05, 4.69) is 228 Å². The summed E-state index contributed by atoms with van der Waals surface area (Å²) >= 11 is 0. The lowest BCUT2D eigenvalue weighted by molar-refractivity contribution is 1.30. The molecule has 0 unspecified atom stereocenters. The van der Waals surface area contributed by atoms with E-state index in [1.54, 1.807) is 0 Å². The van der Waals surface area contributed by atoms with Crippen molar-refractivity contribution in [3.05, 3.63) is 218 Å². The van der Waals surface area contributed by atoms with Gasteiger partial charge >= 0.3 is 0 Å². The van der Waals surface area contributed by atoms with Gasteiger partial charge in [-0.25, -0.2) is 0 Å². The van der Waals surface area contributed by atoms with Crippen molar-refractivity contribution in [2.24, 2.45) is 0 Å². The predicted octanol–water partition coefficient (Wildman–Crippen LogP) is 15.5. The Morgan fingerprint density at radius 2 is 0.643 bits per heavy atom. The molecule has 0 aliphatic heterocycles. The third-order valence-corrected chi connectivity index (χ3v) is 11.3. The van der Waals surface area contributed by atoms with Crippen LogP contribution < -0.4 is 9.80 Å². The van der Waals surface area contributed by atoms with Crippen LogP contribution in [0.15, 0.2) is 218 Å². The molecule has 0 aliphatic rings. The fraction of sp³-hybridized carbons (Fsp3) is 0. The van der Waals surface area contributed by atoms with Crippen LogP contribution in [0.5, 0.6) is 0 Å². The minimum absolute atomic E-state index is 1.13. The molecule has 0 fully saturated rings. The molecule has 11 aromatic rings. The van der Waals surface area contributed by atoms with E-state index >= 15 is 0 Å². The molecule has 11 aromatic carbocycles. The van der Waals surface area contributed by atoms with Gasteiger partial charge in [-0.15, -0.1) is 0 Å². The van der Waals surface area contributed by atoms with Crippen LogP contribution in [0.4, 0.5) is 34.1 Å². The number of rotatable bonds is 6. The van der Waals surface area contributed by atoms with Gasteiger partial charge in [0.2, 0.25) is 0 Å². The number of anilines is 6. The van der Waals surface area contributed by atoms with E-state index < -0.39 is 0 Å². The highest BCUT2D eigenvalue weighted by molar-refractivity contribution is 6.32. The Hall–Kier alpha value is -7.42. The van der Waals surface area contributed by atoms with E-state index in [1.165, 1.54) is 64.6 Å². The maximum atomic E-state index is 2.40. The SMILES string of the molecule is c1ccc(N(c2ccc3c(ccc4c5ccc(N(c6ccccc6)c6cccc7ccccc67)cc5c5ccccc5c34)c2)c2cccc3ccccc23)cc1. The molecule has 11 rings (SSSR count). The first-order valence-electron chi connectivity index (χ1n) is 19.3. The monoisotopic (exact) mass is 712 g/mol. The zero-order valence-electron chi connectivity index (χ0n) is 30.7. The lowest BCUT2D eigenvalue weighted by Crippen LogP contribution is -2.10. The smallest absolute Gasteiger partial charge is 0.0540 e. The fourth-order valence-electron chi connectivity index (χ4n) is 8.85. The van der Waals surface area contributed by atoms with Gasteiger partial charge in [-0.05, 0) is 115 Å². The second-order valence-electron chi connectivity index (χ2n) is 14.5. The van der Waals surface area contributed by atoms with Crippen LogP contribution in [-0.4, -0.2) is 0 Å². The van der Waals surface area contributed by atoms with Crippen LogP contribution in [0.1, 0.15) is 0 Å². The molecular formula is C54H36N2. The normalized spacial score (nSPS) is 11.6. The van der Waals surface area contributed by atoms with Crippen LogP contribution in [0, 0.1) is 0 Å². The number of benzene rings is 11. The number of hydrogen-bond acceptors (Lipinski definition) is 2. The third kappa shape index (κ3) is 5.19. The number of hydrogen-bond donors (Lipinski definition) is 0. The summed E-state index contributed by atoms with van der Waals surface area (Å²) in [4.78, 5) is 4.79. The highest BCUT2D eigenvalue weighted by Crippen LogP contribution is 2.45. The highest BCUT2D eigenvalue weighted by Gasteiger charge is 2.20. The summed E-state index contributed by atoms with van der Waals surface area (Å²) in [5, 5.41) is 14.9. The van der Waals surface area contributed by atoms with Crippen LogP contribution in [-0.2, 0) is 0 Å². The largest absolute Gasteiger partial charge is 0.310 e. The van der Waals surface area contributed by atoms with Crippen molar-refractivity contribution in [3.63, 3.8) is 0 Å². The lowest BCUT2D eigenvalue weighted by Gasteiger charge is -2.28. The second-order valence-corrected chi connectivity index (χ2v) is 14.5. The molecule has 0 amide bonds. The van der Waals surface area contributed by atoms with Crippen molar-refractivity contribution in [1.29, 1.82) is 0 Å². The van der Waals surface area contributed by atoms with Gasteiger partial charge in [0.1, 0.15) is 0 Å². The Balaban J connectivity index is 1.12. The first kappa shape index (κ1) is 32.0. The van der Waals surface area contributed by atoms with Crippen molar-refractivity contribution in [1.82, 2.24) is 0 Å². The zero-order valence-corrected chi connectivity index (χ0v) is 30.7. The van der Waals surface area contributed by atoms with Gasteiger partial charge in [0.15, 0.2) is 0 Å². The average Bonchev–Trinajstić information content (AvgIpc) is 3.27. The van der Waals surface area contributed by atoms with Gasteiger partial charge < -0.3 is 9.80 Å². The van der Waals surface area contributed by atoms with E-state index in [9.17, 15) is 0 Å². The molecule has 56 heavy (non-hydrogen) atoms. The van der Waals surface area contributed by atoms with Crippen LogP contribution in [0.3, 0.4) is 0 Å². The summed E-state index contributed by atoms with van der Waals surface area (Å²) in [7, 11) is 0. The van der Waals surface area contributed by atoms with Gasteiger partial charge in [0.25, 0.3) is 0 Å². The van der Waals surface area contributed by atoms with Crippen molar-refractivity contribution in [2.45, 2.75) is 0 Å². The van der Waals surface area contributed by atoms with E-state index in [0.29, 0.717) is 0 Å². The van der Waals surface area contributed by atoms with E-state index in [1.807, 2.05) is 0 Å². The first-order chi connectivity index (χ1) is 27.8. The number of nitrogens with zero attached hydrogens (tertiary/aromatic N) is 2. The minimum Gasteiger partial charge on any atom is -0.310 e. The molecule has 0 atom stereocenters. The first-order valence-corrected chi connectivity index (χ1v) is 19.3. The Bertz CT molecular complexity index is 3220. The van der Waals surface area contributed by atoms with Crippen LogP contribution >= 0.6 is 0 Å². The molecule has 262 valence electrons. The van der Waals surface area contributed by atoms with Crippen molar-refractivity contribution in [3.8, 4) is 0 Å². The van der Waals surface area contributed by atoms with Crippen molar-refractivity contribution < 1.29 is 0 Å². The van der Waals surface area contributed by atoms with Gasteiger partial charge in [-0.3, -0.25) is 0 Å². The molecule has 0 N–H and O–H groups in total. The van der Waals surface area contributed by atoms with E-state index in [-0.39, 0.29) is 0 Å². The lowest BCUT2D eigenvalue weighted by atomic mass is 9.90. The standard InChI is InChI=1S/C54H36N2/c1-3-19-40(20-4-1)55(52-27-13-17-37-15-7-9-23-44(37)52)42-30-33-46-39(35-42)29-32-50-48-34-31-43(36-51(48)47-25-11-12-26-49(47)54(46)50)56(41-21-5-2-6-22-41)53-28-14-18-38-16-8-10-24-45(38)53/h1-36H. The summed E-state index contributed by atoms with van der Waals surface area (Å²) in [5.41, 5.74) is 6.84. The molecule has 0 bridgehead atoms. The number of fused-ring (bicyclic) bond motifs is 10. The molecule has 0 radical (unpaired) electrons. The summed E-state index contributed by atoms with van der Waals surface area (Å²) in [6.07, 6.45) is 0. The molecule has 0 spiro atoms. The summed E-state index contributed by atoms with van der Waals surface area (Å²) in [6, 6.07) is 79.5. The number of para-hydroxylation sites is 2. The van der Waals surface area contributed by atoms with Crippen LogP contribution in [0.25, 0.3) is 64.6 Å². The minimum atomic E-state index is 1.13. The van der Waals surface area contributed by atoms with Gasteiger partial charge in [-0.2, -0.15) is 0 Å². The molecule has 0 aromatic heterocycles. The van der Waals surface area contributed by atoms with Crippen molar-refractivity contribution in [2.75, 3.05) is 9.80 Å². The third-order valence-electron chi connectivity index (χ3n) is 11.3. The maximum absolute atomic E-state index is 2.40. The Morgan fingerprint density at radius 3 is 1.25 bits per heavy atom. The van der Waals surface area contributed by atoms with Crippen LogP contribution in [0.2, 0.25) is 0 Å². The summed E-state index contributed by atoms with van der Waals surface area (Å²) < 4.78 is 0. The van der Waals surface area contributed by atoms with Crippen molar-refractivity contribution >= 4 is 98.8 Å². The predicted molar refractivity (Wildman–Crippen MR) is 241 cm³/mol. The topological polar surface area (TPSA) is 6.48 Å². The van der Waals surface area contributed by atoms with Gasteiger partial charge in [0, 0.05) is 33.5 Å². The van der Waals surface area contributed by atoms with E-state index in [0.717, 1.165) is 34.1 Å². The summed E-state index contributed by atoms with van der Waals surface area (Å²) in [5.74, 6) is 0. The zero-order chi connectivity index (χ0) is 37.0. The van der Waals surface area contributed by atoms with E-state index in [4.69, 9.17) is 0 Å². The summed E-state index contributed by atoms with van der Waals surface area (Å²) in [6.45, 7) is 0. The quantitative estimate of drug-likeness (QED) is 0.158. The Labute approximate surface area is 325 Å². The molecule has 0 saturated carbocycles. The molecular weight excluding hydrogens is 677 g/mol. The molecule has 2 nitrogen and oxygen atoms in total. The van der Waals surface area contributed by atoms with Gasteiger partial charge in [0.05, 0.1) is 11.4 Å². The second kappa shape index (κ2) is 13.2. The molecule has 0 saturated heterocycles. The average molecular weight is 713 g/mol. The Morgan fingerprint density at radius 1 is 0.214 bits per heavy atom. The highest BCUT2D eigenvalue weighted by atomic mass is 15.1. The molecule has 0 heterocycles.